The van der Waals surface area contributed by atoms with Crippen LogP contribution < -0.4 is 14.2 Å². The summed E-state index contributed by atoms with van der Waals surface area (Å²) in [6.45, 7) is 8.04. The first-order chi connectivity index (χ1) is 26.5. The topological polar surface area (TPSA) is 103 Å². The number of rotatable bonds is 16. The van der Waals surface area contributed by atoms with Gasteiger partial charge in [-0.2, -0.15) is 13.2 Å². The fourth-order valence-electron chi connectivity index (χ4n) is 5.57. The molecule has 0 amide bonds. The molecule has 0 fully saturated rings. The Morgan fingerprint density at radius 1 is 0.564 bits per heavy atom. The van der Waals surface area contributed by atoms with E-state index in [1.165, 1.54) is 41.8 Å². The zero-order valence-electron chi connectivity index (χ0n) is 30.3. The van der Waals surface area contributed by atoms with Gasteiger partial charge in [0.15, 0.2) is 24.8 Å². The molecule has 0 saturated heterocycles. The van der Waals surface area contributed by atoms with E-state index >= 15 is 0 Å². The molecule has 0 radical (unpaired) electrons. The van der Waals surface area contributed by atoms with Crippen molar-refractivity contribution in [3.8, 4) is 17.2 Å². The molecule has 0 heterocycles. The van der Waals surface area contributed by atoms with E-state index in [4.69, 9.17) is 36.7 Å². The summed E-state index contributed by atoms with van der Waals surface area (Å²) in [7, 11) is -6.44. The van der Waals surface area contributed by atoms with Gasteiger partial charge in [0.25, 0.3) is 0 Å². The number of benzene rings is 6. The van der Waals surface area contributed by atoms with Crippen molar-refractivity contribution in [2.24, 2.45) is 0 Å². The summed E-state index contributed by atoms with van der Waals surface area (Å²) in [6.07, 6.45) is 0. The fourth-order valence-corrected chi connectivity index (χ4v) is 7.61. The molecule has 55 heavy (non-hydrogen) atoms. The van der Waals surface area contributed by atoms with E-state index in [0.717, 1.165) is 17.2 Å². The van der Waals surface area contributed by atoms with Crippen molar-refractivity contribution in [2.75, 3.05) is 39.6 Å². The van der Waals surface area contributed by atoms with Gasteiger partial charge in [-0.25, -0.2) is 8.42 Å². The SMILES string of the molecule is CCOCCOc1ccc([S+](c2ccc(OCCOCC)cc2)c2ccc(OCc3c4ccccc4cc4ccccc34)cc2)cc1.O=S(=O)([O-])C(F)(F)F. The van der Waals surface area contributed by atoms with Crippen molar-refractivity contribution in [3.05, 3.63) is 133 Å². The van der Waals surface area contributed by atoms with Crippen LogP contribution >= 0.6 is 0 Å². The lowest BCUT2D eigenvalue weighted by Gasteiger charge is -2.14. The van der Waals surface area contributed by atoms with E-state index < -0.39 is 15.6 Å². The van der Waals surface area contributed by atoms with Crippen LogP contribution in [-0.2, 0) is 37.1 Å². The molecule has 13 heteroatoms. The highest BCUT2D eigenvalue weighted by molar-refractivity contribution is 7.97. The summed E-state index contributed by atoms with van der Waals surface area (Å²) >= 11 is 0. The van der Waals surface area contributed by atoms with Gasteiger partial charge in [0, 0.05) is 18.8 Å². The highest BCUT2D eigenvalue weighted by Gasteiger charge is 2.37. The molecule has 0 saturated carbocycles. The molecule has 0 aromatic heterocycles. The quantitative estimate of drug-likeness (QED) is 0.0314. The van der Waals surface area contributed by atoms with Gasteiger partial charge in [-0.15, -0.1) is 0 Å². The zero-order chi connectivity index (χ0) is 39.3. The molecule has 6 aromatic rings. The molecular weight excluding hydrogens is 754 g/mol. The van der Waals surface area contributed by atoms with Gasteiger partial charge in [-0.1, -0.05) is 48.5 Å². The van der Waals surface area contributed by atoms with Gasteiger partial charge < -0.3 is 28.2 Å². The highest BCUT2D eigenvalue weighted by Crippen LogP contribution is 2.35. The molecule has 6 aromatic carbocycles. The second-order valence-corrected chi connectivity index (χ2v) is 15.2. The number of fused-ring (bicyclic) bond motifs is 2. The van der Waals surface area contributed by atoms with Crippen molar-refractivity contribution in [3.63, 3.8) is 0 Å². The maximum atomic E-state index is 10.7. The minimum absolute atomic E-state index is 0.350. The maximum Gasteiger partial charge on any atom is 0.485 e. The Kier molecular flexibility index (Phi) is 14.8. The minimum Gasteiger partial charge on any atom is -0.741 e. The minimum atomic E-state index is -6.09. The van der Waals surface area contributed by atoms with Crippen molar-refractivity contribution in [1.29, 1.82) is 0 Å². The summed E-state index contributed by atoms with van der Waals surface area (Å²) in [5, 5.41) is 4.89. The van der Waals surface area contributed by atoms with Crippen molar-refractivity contribution < 1.29 is 49.8 Å². The van der Waals surface area contributed by atoms with Crippen LogP contribution in [0.15, 0.2) is 142 Å². The normalized spacial score (nSPS) is 11.7. The molecule has 0 unspecified atom stereocenters. The molecule has 6 rings (SSSR count). The molecule has 0 atom stereocenters. The number of hydrogen-bond acceptors (Lipinski definition) is 8. The molecule has 0 bridgehead atoms. The Labute approximate surface area is 321 Å². The number of alkyl halides is 3. The number of ether oxygens (including phenoxy) is 5. The average Bonchev–Trinajstić information content (AvgIpc) is 3.18. The molecule has 8 nitrogen and oxygen atoms in total. The van der Waals surface area contributed by atoms with E-state index in [0.29, 0.717) is 46.2 Å². The number of halogens is 3. The first-order valence-electron chi connectivity index (χ1n) is 17.5. The van der Waals surface area contributed by atoms with E-state index in [-0.39, 0.29) is 10.9 Å². The van der Waals surface area contributed by atoms with Gasteiger partial charge in [0.2, 0.25) is 0 Å². The molecule has 0 spiro atoms. The Morgan fingerprint density at radius 3 is 1.29 bits per heavy atom. The standard InChI is InChI=1S/C41H41O5S.CHF3O3S/c1-3-42-25-27-44-33-13-19-36(20-14-33)47(37-21-15-34(16-22-37)45-28-26-43-4-2)38-23-17-35(18-24-38)46-30-41-39-11-7-5-9-31(39)29-32-10-6-8-12-40(32)41;2-1(3,4)8(5,6)7/h5-24,29H,3-4,25-28,30H2,1-2H3;(H,5,6,7)/q+1;/p-1. The second kappa shape index (κ2) is 19.7. The fraction of sp³-hybridized carbons (Fsp3) is 0.238. The lowest BCUT2D eigenvalue weighted by atomic mass is 9.97. The van der Waals surface area contributed by atoms with Crippen LogP contribution in [0, 0.1) is 0 Å². The monoisotopic (exact) mass is 794 g/mol. The van der Waals surface area contributed by atoms with Crippen molar-refractivity contribution >= 4 is 42.6 Å². The van der Waals surface area contributed by atoms with E-state index in [1.807, 2.05) is 38.1 Å². The largest absolute Gasteiger partial charge is 0.741 e. The Balaban J connectivity index is 0.000000654. The smallest absolute Gasteiger partial charge is 0.485 e. The highest BCUT2D eigenvalue weighted by atomic mass is 32.2. The van der Waals surface area contributed by atoms with E-state index in [1.54, 1.807) is 0 Å². The first-order valence-corrected chi connectivity index (χ1v) is 20.1. The Bertz CT molecular complexity index is 2100. The van der Waals surface area contributed by atoms with E-state index in [9.17, 15) is 13.2 Å². The third-order valence-corrected chi connectivity index (χ3v) is 10.9. The summed E-state index contributed by atoms with van der Waals surface area (Å²) in [4.78, 5) is 3.59. The molecular formula is C42H41F3O8S2. The average molecular weight is 795 g/mol. The lowest BCUT2D eigenvalue weighted by molar-refractivity contribution is -0.0517. The van der Waals surface area contributed by atoms with Gasteiger partial charge in [0.05, 0.1) is 24.1 Å². The second-order valence-electron chi connectivity index (χ2n) is 11.8. The van der Waals surface area contributed by atoms with Crippen molar-refractivity contribution in [2.45, 2.75) is 40.6 Å². The summed E-state index contributed by atoms with van der Waals surface area (Å²) in [5.41, 5.74) is -4.44. The van der Waals surface area contributed by atoms with Crippen LogP contribution in [0.1, 0.15) is 19.4 Å². The summed E-state index contributed by atoms with van der Waals surface area (Å²) < 4.78 is 88.0. The Hall–Kier alpha value is -4.79. The molecule has 0 N–H and O–H groups in total. The predicted molar refractivity (Wildman–Crippen MR) is 207 cm³/mol. The third kappa shape index (κ3) is 11.6. The molecule has 290 valence electrons. The first kappa shape index (κ1) is 41.4. The van der Waals surface area contributed by atoms with Crippen LogP contribution in [0.2, 0.25) is 0 Å². The molecule has 0 aliphatic carbocycles. The third-order valence-electron chi connectivity index (χ3n) is 8.13. The van der Waals surface area contributed by atoms with Gasteiger partial charge in [-0.05, 0) is 114 Å². The van der Waals surface area contributed by atoms with Crippen LogP contribution in [0.4, 0.5) is 13.2 Å². The van der Waals surface area contributed by atoms with Crippen LogP contribution in [0.3, 0.4) is 0 Å². The van der Waals surface area contributed by atoms with Gasteiger partial charge >= 0.3 is 5.51 Å². The lowest BCUT2D eigenvalue weighted by Crippen LogP contribution is -2.21. The number of hydrogen-bond donors (Lipinski definition) is 0. The van der Waals surface area contributed by atoms with Crippen molar-refractivity contribution in [1.82, 2.24) is 0 Å². The summed E-state index contributed by atoms with van der Waals surface area (Å²) in [6, 6.07) is 44.6. The molecule has 0 aliphatic rings. The maximum absolute atomic E-state index is 10.7. The van der Waals surface area contributed by atoms with Gasteiger partial charge in [0.1, 0.15) is 37.1 Å². The zero-order valence-corrected chi connectivity index (χ0v) is 31.9. The predicted octanol–water partition coefficient (Wildman–Crippen LogP) is 9.55. The van der Waals surface area contributed by atoms with Gasteiger partial charge in [-0.3, -0.25) is 0 Å². The molecule has 0 aliphatic heterocycles. The Morgan fingerprint density at radius 2 is 0.927 bits per heavy atom. The van der Waals surface area contributed by atoms with Crippen LogP contribution in [0.5, 0.6) is 17.2 Å². The van der Waals surface area contributed by atoms with Crippen LogP contribution in [-0.4, -0.2) is 58.1 Å². The van der Waals surface area contributed by atoms with Crippen LogP contribution in [0.25, 0.3) is 21.5 Å². The summed E-state index contributed by atoms with van der Waals surface area (Å²) in [5.74, 6) is 2.50. The van der Waals surface area contributed by atoms with E-state index in [2.05, 4.69) is 103 Å².